The minimum absolute atomic E-state index is 0.0143. The topological polar surface area (TPSA) is 27.7 Å². The minimum atomic E-state index is -0.252. The van der Waals surface area contributed by atoms with Crippen LogP contribution in [-0.4, -0.2) is 26.1 Å². The van der Waals surface area contributed by atoms with Gasteiger partial charge in [-0.3, -0.25) is 0 Å². The van der Waals surface area contributed by atoms with Crippen LogP contribution < -0.4 is 0 Å². The van der Waals surface area contributed by atoms with Crippen LogP contribution in [0.25, 0.3) is 0 Å². The van der Waals surface area contributed by atoms with Gasteiger partial charge in [-0.25, -0.2) is 0 Å². The molecule has 0 N–H and O–H groups in total. The van der Waals surface area contributed by atoms with Gasteiger partial charge in [0.2, 0.25) is 0 Å². The summed E-state index contributed by atoms with van der Waals surface area (Å²) in [5, 5.41) is 0. The molecule has 5 rings (SSSR count). The van der Waals surface area contributed by atoms with Crippen molar-refractivity contribution in [2.75, 3.05) is 19.8 Å². The first-order valence-corrected chi connectivity index (χ1v) is 13.8. The molecule has 1 saturated heterocycles. The van der Waals surface area contributed by atoms with Gasteiger partial charge in [0.25, 0.3) is 0 Å². The van der Waals surface area contributed by atoms with E-state index in [-0.39, 0.29) is 12.4 Å². The van der Waals surface area contributed by atoms with E-state index < -0.39 is 0 Å². The first-order valence-electron chi connectivity index (χ1n) is 13.8. The van der Waals surface area contributed by atoms with Crippen LogP contribution in [0.2, 0.25) is 0 Å². The lowest BCUT2D eigenvalue weighted by Crippen LogP contribution is -2.44. The molecule has 3 nitrogen and oxygen atoms in total. The van der Waals surface area contributed by atoms with Gasteiger partial charge in [0.15, 0.2) is 6.29 Å². The number of rotatable bonds is 12. The van der Waals surface area contributed by atoms with Gasteiger partial charge < -0.3 is 14.2 Å². The molecule has 4 fully saturated rings. The third-order valence-electron chi connectivity index (χ3n) is 8.74. The van der Waals surface area contributed by atoms with Crippen molar-refractivity contribution < 1.29 is 14.2 Å². The van der Waals surface area contributed by atoms with Gasteiger partial charge in [-0.1, -0.05) is 82.4 Å². The molecule has 3 heteroatoms. The highest BCUT2D eigenvalue weighted by Gasteiger charge is 2.48. The summed E-state index contributed by atoms with van der Waals surface area (Å²) in [5.41, 5.74) is 3.89. The SMILES string of the molecule is CCCC/C=C/COC1COC(c2ccc(C34CCC(CCCCC)(CC3)CC4)cc2)CO1. The molecule has 3 aliphatic carbocycles. The molecule has 1 aliphatic heterocycles. The summed E-state index contributed by atoms with van der Waals surface area (Å²) in [7, 11) is 0. The highest BCUT2D eigenvalue weighted by atomic mass is 16.7. The Bertz CT molecular complexity index is 705. The Kier molecular flexibility index (Phi) is 9.07. The molecule has 0 aromatic heterocycles. The Hall–Kier alpha value is -1.16. The van der Waals surface area contributed by atoms with Gasteiger partial charge in [-0.15, -0.1) is 0 Å². The maximum absolute atomic E-state index is 6.10. The average molecular weight is 455 g/mol. The molecular formula is C30H46O3. The van der Waals surface area contributed by atoms with E-state index in [9.17, 15) is 0 Å². The van der Waals surface area contributed by atoms with E-state index in [0.29, 0.717) is 30.7 Å². The summed E-state index contributed by atoms with van der Waals surface area (Å²) in [5.74, 6) is 0. The Balaban J connectivity index is 1.23. The van der Waals surface area contributed by atoms with Crippen molar-refractivity contribution in [3.05, 3.63) is 47.5 Å². The van der Waals surface area contributed by atoms with Crippen molar-refractivity contribution in [3.63, 3.8) is 0 Å². The van der Waals surface area contributed by atoms with E-state index in [1.54, 1.807) is 5.56 Å². The van der Waals surface area contributed by atoms with E-state index in [4.69, 9.17) is 14.2 Å². The van der Waals surface area contributed by atoms with Crippen LogP contribution in [0.3, 0.4) is 0 Å². The molecule has 1 heterocycles. The fraction of sp³-hybridized carbons (Fsp3) is 0.733. The Morgan fingerprint density at radius 1 is 0.848 bits per heavy atom. The minimum Gasteiger partial charge on any atom is -0.366 e. The number of unbranched alkanes of at least 4 members (excludes halogenated alkanes) is 4. The number of hydrogen-bond donors (Lipinski definition) is 0. The van der Waals surface area contributed by atoms with Gasteiger partial charge >= 0.3 is 0 Å². The highest BCUT2D eigenvalue weighted by Crippen LogP contribution is 2.59. The molecule has 1 aromatic carbocycles. The van der Waals surface area contributed by atoms with Gasteiger partial charge in [0, 0.05) is 0 Å². The standard InChI is InChI=1S/C30H46O3/c1-3-5-7-8-10-22-31-28-24-32-27(23-33-28)25-11-13-26(14-12-25)30-19-16-29(17-20-30,18-21-30)15-9-6-4-2/h8,10-14,27-28H,3-7,9,15-24H2,1-2H3/b10-8+. The first kappa shape index (κ1) is 24.9. The number of benzene rings is 1. The van der Waals surface area contributed by atoms with Crippen LogP contribution >= 0.6 is 0 Å². The summed E-state index contributed by atoms with van der Waals surface area (Å²) in [6, 6.07) is 9.34. The lowest BCUT2D eigenvalue weighted by molar-refractivity contribution is -0.232. The Morgan fingerprint density at radius 2 is 1.58 bits per heavy atom. The largest absolute Gasteiger partial charge is 0.366 e. The van der Waals surface area contributed by atoms with Crippen molar-refractivity contribution in [1.29, 1.82) is 0 Å². The predicted molar refractivity (Wildman–Crippen MR) is 135 cm³/mol. The molecule has 0 spiro atoms. The Morgan fingerprint density at radius 3 is 2.21 bits per heavy atom. The second kappa shape index (κ2) is 12.0. The molecule has 4 aliphatic rings. The van der Waals surface area contributed by atoms with Crippen LogP contribution in [0.5, 0.6) is 0 Å². The fourth-order valence-electron chi connectivity index (χ4n) is 6.32. The van der Waals surface area contributed by atoms with Crippen molar-refractivity contribution in [2.45, 2.75) is 115 Å². The molecule has 1 aromatic rings. The number of allylic oxidation sites excluding steroid dienone is 1. The first-order chi connectivity index (χ1) is 16.2. The van der Waals surface area contributed by atoms with Crippen molar-refractivity contribution in [2.24, 2.45) is 5.41 Å². The summed E-state index contributed by atoms with van der Waals surface area (Å²) in [6.45, 7) is 6.19. The summed E-state index contributed by atoms with van der Waals surface area (Å²) in [4.78, 5) is 0. The smallest absolute Gasteiger partial charge is 0.181 e. The van der Waals surface area contributed by atoms with Crippen LogP contribution in [0.15, 0.2) is 36.4 Å². The third-order valence-corrected chi connectivity index (χ3v) is 8.74. The fourth-order valence-corrected chi connectivity index (χ4v) is 6.32. The van der Waals surface area contributed by atoms with Gasteiger partial charge in [-0.05, 0) is 73.3 Å². The lowest BCUT2D eigenvalue weighted by atomic mass is 9.51. The maximum Gasteiger partial charge on any atom is 0.181 e. The third kappa shape index (κ3) is 6.29. The Labute approximate surface area is 202 Å². The predicted octanol–water partition coefficient (Wildman–Crippen LogP) is 8.04. The molecule has 33 heavy (non-hydrogen) atoms. The zero-order chi connectivity index (χ0) is 23.0. The number of hydrogen-bond acceptors (Lipinski definition) is 3. The van der Waals surface area contributed by atoms with Crippen LogP contribution in [0.1, 0.15) is 115 Å². The maximum atomic E-state index is 6.10. The van der Waals surface area contributed by atoms with Crippen LogP contribution in [-0.2, 0) is 19.6 Å². The molecule has 2 unspecified atom stereocenters. The van der Waals surface area contributed by atoms with E-state index in [1.807, 2.05) is 0 Å². The summed E-state index contributed by atoms with van der Waals surface area (Å²) >= 11 is 0. The lowest BCUT2D eigenvalue weighted by Gasteiger charge is -2.54. The molecule has 2 atom stereocenters. The van der Waals surface area contributed by atoms with Crippen molar-refractivity contribution >= 4 is 0 Å². The van der Waals surface area contributed by atoms with E-state index in [2.05, 4.69) is 50.3 Å². The van der Waals surface area contributed by atoms with E-state index >= 15 is 0 Å². The zero-order valence-electron chi connectivity index (χ0n) is 21.2. The molecule has 3 saturated carbocycles. The quantitative estimate of drug-likeness (QED) is 0.236. The van der Waals surface area contributed by atoms with Gasteiger partial charge in [0.1, 0.15) is 6.10 Å². The number of ether oxygens (including phenoxy) is 3. The summed E-state index contributed by atoms with van der Waals surface area (Å²) < 4.78 is 17.8. The van der Waals surface area contributed by atoms with Gasteiger partial charge in [-0.2, -0.15) is 0 Å². The van der Waals surface area contributed by atoms with E-state index in [1.165, 1.54) is 82.6 Å². The zero-order valence-corrected chi connectivity index (χ0v) is 21.2. The highest BCUT2D eigenvalue weighted by molar-refractivity contribution is 5.32. The molecule has 0 radical (unpaired) electrons. The van der Waals surface area contributed by atoms with E-state index in [0.717, 1.165) is 6.42 Å². The molecule has 0 amide bonds. The number of fused-ring (bicyclic) bond motifs is 3. The monoisotopic (exact) mass is 454 g/mol. The summed E-state index contributed by atoms with van der Waals surface area (Å²) in [6.07, 6.45) is 21.8. The molecule has 2 bridgehead atoms. The second-order valence-electron chi connectivity index (χ2n) is 10.9. The average Bonchev–Trinajstić information content (AvgIpc) is 2.88. The van der Waals surface area contributed by atoms with Crippen LogP contribution in [0.4, 0.5) is 0 Å². The van der Waals surface area contributed by atoms with Crippen molar-refractivity contribution in [1.82, 2.24) is 0 Å². The normalized spacial score (nSPS) is 31.9. The van der Waals surface area contributed by atoms with Crippen LogP contribution in [0, 0.1) is 5.41 Å². The van der Waals surface area contributed by atoms with Crippen molar-refractivity contribution in [3.8, 4) is 0 Å². The molecule has 184 valence electrons. The molecular weight excluding hydrogens is 408 g/mol. The van der Waals surface area contributed by atoms with Gasteiger partial charge in [0.05, 0.1) is 19.8 Å². The second-order valence-corrected chi connectivity index (χ2v) is 10.9.